The molecule has 3 N–H and O–H groups in total. The Kier molecular flexibility index (Phi) is 3.82. The van der Waals surface area contributed by atoms with Crippen LogP contribution in [0.2, 0.25) is 0 Å². The Labute approximate surface area is 117 Å². The van der Waals surface area contributed by atoms with Gasteiger partial charge in [0, 0.05) is 25.3 Å². The predicted octanol–water partition coefficient (Wildman–Crippen LogP) is 2.54. The molecule has 2 aromatic rings. The maximum Gasteiger partial charge on any atom is 0.0922 e. The average Bonchev–Trinajstić information content (AvgIpc) is 3.10. The van der Waals surface area contributed by atoms with E-state index in [0.29, 0.717) is 6.54 Å². The lowest BCUT2D eigenvalue weighted by atomic mass is 10.1. The first kappa shape index (κ1) is 12.7. The van der Waals surface area contributed by atoms with E-state index in [1.54, 1.807) is 11.3 Å². The molecule has 1 aliphatic heterocycles. The van der Waals surface area contributed by atoms with Crippen LogP contribution in [0.5, 0.6) is 0 Å². The summed E-state index contributed by atoms with van der Waals surface area (Å²) in [6.07, 6.45) is 0.691. The Hall–Kier alpha value is -1.36. The van der Waals surface area contributed by atoms with E-state index in [1.165, 1.54) is 16.8 Å². The lowest BCUT2D eigenvalue weighted by Crippen LogP contribution is -2.21. The van der Waals surface area contributed by atoms with Crippen LogP contribution in [0.25, 0.3) is 0 Å². The van der Waals surface area contributed by atoms with Gasteiger partial charge < -0.3 is 15.7 Å². The number of aliphatic hydroxyl groups is 1. The summed E-state index contributed by atoms with van der Waals surface area (Å²) in [5.41, 5.74) is 4.96. The molecule has 0 aliphatic carbocycles. The zero-order valence-electron chi connectivity index (χ0n) is 10.7. The summed E-state index contributed by atoms with van der Waals surface area (Å²) in [5.74, 6) is 0. The van der Waals surface area contributed by atoms with Gasteiger partial charge in [0.15, 0.2) is 0 Å². The smallest absolute Gasteiger partial charge is 0.0922 e. The lowest BCUT2D eigenvalue weighted by molar-refractivity contribution is 0.175. The minimum Gasteiger partial charge on any atom is -0.387 e. The molecule has 100 valence electrons. The maximum absolute atomic E-state index is 10.0. The molecule has 1 aliphatic rings. The number of benzene rings is 1. The van der Waals surface area contributed by atoms with Gasteiger partial charge in [0.05, 0.1) is 6.10 Å². The molecule has 0 spiro atoms. The number of aliphatic hydroxyl groups excluding tert-OH is 1. The number of thiophene rings is 1. The van der Waals surface area contributed by atoms with Gasteiger partial charge in [0.1, 0.15) is 0 Å². The highest BCUT2D eigenvalue weighted by atomic mass is 32.1. The van der Waals surface area contributed by atoms with E-state index < -0.39 is 6.10 Å². The van der Waals surface area contributed by atoms with Crippen LogP contribution >= 0.6 is 11.3 Å². The molecule has 0 amide bonds. The Morgan fingerprint density at radius 1 is 1.37 bits per heavy atom. The van der Waals surface area contributed by atoms with E-state index in [9.17, 15) is 5.11 Å². The fourth-order valence-corrected chi connectivity index (χ4v) is 3.19. The Morgan fingerprint density at radius 3 is 3.16 bits per heavy atom. The van der Waals surface area contributed by atoms with Crippen LogP contribution < -0.4 is 10.6 Å². The summed E-state index contributed by atoms with van der Waals surface area (Å²) >= 11 is 1.62. The number of para-hydroxylation sites is 1. The molecule has 3 rings (SSSR count). The van der Waals surface area contributed by atoms with E-state index >= 15 is 0 Å². The van der Waals surface area contributed by atoms with E-state index in [2.05, 4.69) is 28.8 Å². The van der Waals surface area contributed by atoms with Crippen molar-refractivity contribution >= 4 is 17.0 Å². The van der Waals surface area contributed by atoms with Gasteiger partial charge in [0.2, 0.25) is 0 Å². The van der Waals surface area contributed by atoms with Crippen LogP contribution in [-0.4, -0.2) is 18.2 Å². The van der Waals surface area contributed by atoms with Crippen LogP contribution in [0.1, 0.15) is 22.8 Å². The van der Waals surface area contributed by atoms with Crippen LogP contribution in [0.3, 0.4) is 0 Å². The summed E-state index contributed by atoms with van der Waals surface area (Å²) in [6.45, 7) is 2.40. The molecule has 4 heteroatoms. The summed E-state index contributed by atoms with van der Waals surface area (Å²) in [4.78, 5) is 0. The van der Waals surface area contributed by atoms with Crippen LogP contribution in [-0.2, 0) is 13.0 Å². The quantitative estimate of drug-likeness (QED) is 0.785. The standard InChI is InChI=1S/C15H18N2OS/c18-14(13-5-7-19-10-13)9-16-8-12-3-1-2-11-4-6-17-15(11)12/h1-3,5,7,10,14,16-18H,4,6,8-9H2. The molecule has 0 saturated heterocycles. The number of nitrogens with one attached hydrogen (secondary N) is 2. The normalized spacial score (nSPS) is 15.0. The Morgan fingerprint density at radius 2 is 2.32 bits per heavy atom. The number of anilines is 1. The van der Waals surface area contributed by atoms with Crippen LogP contribution in [0, 0.1) is 0 Å². The SMILES string of the molecule is OC(CNCc1cccc2c1NCC2)c1ccsc1. The van der Waals surface area contributed by atoms with Gasteiger partial charge in [-0.25, -0.2) is 0 Å². The highest BCUT2D eigenvalue weighted by molar-refractivity contribution is 7.07. The van der Waals surface area contributed by atoms with Crippen molar-refractivity contribution in [3.8, 4) is 0 Å². The maximum atomic E-state index is 10.0. The third kappa shape index (κ3) is 2.81. The Bertz CT molecular complexity index is 539. The highest BCUT2D eigenvalue weighted by Gasteiger charge is 2.13. The molecule has 1 atom stereocenters. The molecule has 19 heavy (non-hydrogen) atoms. The van der Waals surface area contributed by atoms with Gasteiger partial charge in [-0.2, -0.15) is 11.3 Å². The summed E-state index contributed by atoms with van der Waals surface area (Å²) in [5, 5.41) is 20.8. The van der Waals surface area contributed by atoms with Crippen molar-refractivity contribution in [2.24, 2.45) is 0 Å². The number of fused-ring (bicyclic) bond motifs is 1. The van der Waals surface area contributed by atoms with Crippen molar-refractivity contribution in [3.05, 3.63) is 51.7 Å². The topological polar surface area (TPSA) is 44.3 Å². The van der Waals surface area contributed by atoms with Crippen LogP contribution in [0.15, 0.2) is 35.0 Å². The van der Waals surface area contributed by atoms with E-state index in [0.717, 1.165) is 25.1 Å². The summed E-state index contributed by atoms with van der Waals surface area (Å²) in [6, 6.07) is 8.40. The van der Waals surface area contributed by atoms with E-state index in [4.69, 9.17) is 0 Å². The molecule has 2 heterocycles. The van der Waals surface area contributed by atoms with Gasteiger partial charge in [-0.1, -0.05) is 18.2 Å². The molecule has 0 bridgehead atoms. The lowest BCUT2D eigenvalue weighted by Gasteiger charge is -2.13. The molecule has 1 unspecified atom stereocenters. The highest BCUT2D eigenvalue weighted by Crippen LogP contribution is 2.26. The van der Waals surface area contributed by atoms with Gasteiger partial charge in [0.25, 0.3) is 0 Å². The largest absolute Gasteiger partial charge is 0.387 e. The van der Waals surface area contributed by atoms with Crippen molar-refractivity contribution in [2.75, 3.05) is 18.4 Å². The Balaban J connectivity index is 1.57. The minimum atomic E-state index is -0.420. The molecule has 0 radical (unpaired) electrons. The van der Waals surface area contributed by atoms with Crippen molar-refractivity contribution in [1.29, 1.82) is 0 Å². The zero-order chi connectivity index (χ0) is 13.1. The molecule has 1 aromatic heterocycles. The minimum absolute atomic E-state index is 0.420. The van der Waals surface area contributed by atoms with Crippen molar-refractivity contribution in [1.82, 2.24) is 5.32 Å². The summed E-state index contributed by atoms with van der Waals surface area (Å²) < 4.78 is 0. The third-order valence-corrected chi connectivity index (χ3v) is 4.22. The fraction of sp³-hybridized carbons (Fsp3) is 0.333. The van der Waals surface area contributed by atoms with Crippen molar-refractivity contribution in [2.45, 2.75) is 19.1 Å². The van der Waals surface area contributed by atoms with E-state index in [-0.39, 0.29) is 0 Å². The first-order valence-corrected chi connectivity index (χ1v) is 7.54. The van der Waals surface area contributed by atoms with Gasteiger partial charge in [-0.15, -0.1) is 0 Å². The zero-order valence-corrected chi connectivity index (χ0v) is 11.5. The predicted molar refractivity (Wildman–Crippen MR) is 79.6 cm³/mol. The number of rotatable bonds is 5. The molecule has 3 nitrogen and oxygen atoms in total. The second-order valence-electron chi connectivity index (χ2n) is 4.83. The second-order valence-corrected chi connectivity index (χ2v) is 5.61. The van der Waals surface area contributed by atoms with E-state index in [1.807, 2.05) is 16.8 Å². The fourth-order valence-electron chi connectivity index (χ4n) is 2.48. The second kappa shape index (κ2) is 5.74. The molecule has 1 aromatic carbocycles. The molecule has 0 saturated carbocycles. The van der Waals surface area contributed by atoms with Crippen LogP contribution in [0.4, 0.5) is 5.69 Å². The molecular formula is C15H18N2OS. The van der Waals surface area contributed by atoms with Gasteiger partial charge >= 0.3 is 0 Å². The van der Waals surface area contributed by atoms with Crippen molar-refractivity contribution in [3.63, 3.8) is 0 Å². The number of hydrogen-bond donors (Lipinski definition) is 3. The first-order chi connectivity index (χ1) is 9.34. The number of hydrogen-bond acceptors (Lipinski definition) is 4. The van der Waals surface area contributed by atoms with Gasteiger partial charge in [-0.05, 0) is 39.9 Å². The first-order valence-electron chi connectivity index (χ1n) is 6.60. The third-order valence-electron chi connectivity index (χ3n) is 3.51. The van der Waals surface area contributed by atoms with Crippen molar-refractivity contribution < 1.29 is 5.11 Å². The van der Waals surface area contributed by atoms with Gasteiger partial charge in [-0.3, -0.25) is 0 Å². The monoisotopic (exact) mass is 274 g/mol. The molecule has 0 fully saturated rings. The summed E-state index contributed by atoms with van der Waals surface area (Å²) in [7, 11) is 0. The average molecular weight is 274 g/mol. The molecular weight excluding hydrogens is 256 g/mol.